The highest BCUT2D eigenvalue weighted by Crippen LogP contribution is 2.50. The van der Waals surface area contributed by atoms with Crippen LogP contribution in [0.15, 0.2) is 30.3 Å². The van der Waals surface area contributed by atoms with E-state index in [-0.39, 0.29) is 12.0 Å². The average Bonchev–Trinajstić information content (AvgIpc) is 3.20. The third-order valence-corrected chi connectivity index (χ3v) is 5.30. The molecule has 3 nitrogen and oxygen atoms in total. The van der Waals surface area contributed by atoms with Crippen molar-refractivity contribution in [1.82, 2.24) is 4.90 Å². The van der Waals surface area contributed by atoms with Gasteiger partial charge in [-0.15, -0.1) is 0 Å². The number of benzene rings is 1. The predicted molar refractivity (Wildman–Crippen MR) is 76.2 cm³/mol. The van der Waals surface area contributed by atoms with Gasteiger partial charge in [-0.05, 0) is 43.6 Å². The number of hydrogen-bond acceptors (Lipinski definition) is 2. The van der Waals surface area contributed by atoms with Crippen molar-refractivity contribution in [3.8, 4) is 0 Å². The van der Waals surface area contributed by atoms with Crippen molar-refractivity contribution in [2.75, 3.05) is 0 Å². The number of aliphatic hydroxyl groups is 1. The fourth-order valence-corrected chi connectivity index (χ4v) is 4.24. The van der Waals surface area contributed by atoms with Gasteiger partial charge in [-0.3, -0.25) is 4.79 Å². The lowest BCUT2D eigenvalue weighted by molar-refractivity contribution is -0.138. The summed E-state index contributed by atoms with van der Waals surface area (Å²) in [4.78, 5) is 14.9. The van der Waals surface area contributed by atoms with E-state index in [1.165, 1.54) is 5.56 Å². The van der Waals surface area contributed by atoms with E-state index in [1.54, 1.807) is 0 Å². The first-order valence-corrected chi connectivity index (χ1v) is 7.79. The molecule has 1 aromatic carbocycles. The molecular formula is C17H21NO2. The summed E-state index contributed by atoms with van der Waals surface area (Å²) in [6, 6.07) is 11.0. The SMILES string of the molecule is O=C(C1CC1c1ccccc1)N1C2CCC1CC(O)C2. The first-order chi connectivity index (χ1) is 9.74. The number of aliphatic hydroxyl groups excluding tert-OH is 1. The van der Waals surface area contributed by atoms with Gasteiger partial charge in [0.05, 0.1) is 6.10 Å². The molecule has 0 spiro atoms. The normalized spacial score (nSPS) is 38.9. The molecule has 1 amide bonds. The van der Waals surface area contributed by atoms with Gasteiger partial charge >= 0.3 is 0 Å². The fourth-order valence-electron chi connectivity index (χ4n) is 4.24. The van der Waals surface area contributed by atoms with Crippen LogP contribution >= 0.6 is 0 Å². The predicted octanol–water partition coefficient (Wildman–Crippen LogP) is 2.30. The van der Waals surface area contributed by atoms with Gasteiger partial charge in [0.2, 0.25) is 5.91 Å². The standard InChI is InChI=1S/C17H21NO2/c19-14-8-12-6-7-13(9-14)18(12)17(20)16-10-15(16)11-4-2-1-3-5-11/h1-5,12-16,19H,6-10H2. The molecule has 0 aromatic heterocycles. The Morgan fingerprint density at radius 3 is 2.35 bits per heavy atom. The average molecular weight is 271 g/mol. The van der Waals surface area contributed by atoms with Crippen LogP contribution in [0.2, 0.25) is 0 Å². The molecule has 3 aliphatic rings. The molecule has 3 fully saturated rings. The summed E-state index contributed by atoms with van der Waals surface area (Å²) < 4.78 is 0. The topological polar surface area (TPSA) is 40.5 Å². The van der Waals surface area contributed by atoms with Crippen LogP contribution in [-0.2, 0) is 4.79 Å². The maximum absolute atomic E-state index is 12.8. The molecule has 1 aromatic rings. The molecule has 2 saturated heterocycles. The highest BCUT2D eigenvalue weighted by Gasteiger charge is 2.51. The van der Waals surface area contributed by atoms with Crippen molar-refractivity contribution in [1.29, 1.82) is 0 Å². The number of hydrogen-bond donors (Lipinski definition) is 1. The molecular weight excluding hydrogens is 250 g/mol. The van der Waals surface area contributed by atoms with Gasteiger partial charge in [0.15, 0.2) is 0 Å². The Labute approximate surface area is 119 Å². The number of fused-ring (bicyclic) bond motifs is 2. The summed E-state index contributed by atoms with van der Waals surface area (Å²) in [6.07, 6.45) is 4.53. The molecule has 4 rings (SSSR count). The lowest BCUT2D eigenvalue weighted by Crippen LogP contribution is -2.48. The monoisotopic (exact) mass is 271 g/mol. The number of amides is 1. The molecule has 3 heteroatoms. The molecule has 1 N–H and O–H groups in total. The van der Waals surface area contributed by atoms with Crippen molar-refractivity contribution in [3.63, 3.8) is 0 Å². The maximum Gasteiger partial charge on any atom is 0.226 e. The first-order valence-electron chi connectivity index (χ1n) is 7.79. The van der Waals surface area contributed by atoms with Gasteiger partial charge in [0.1, 0.15) is 0 Å². The van der Waals surface area contributed by atoms with Crippen LogP contribution in [-0.4, -0.2) is 34.1 Å². The number of piperidine rings is 1. The Morgan fingerprint density at radius 1 is 1.05 bits per heavy atom. The zero-order valence-electron chi connectivity index (χ0n) is 11.6. The summed E-state index contributed by atoms with van der Waals surface area (Å²) in [5.74, 6) is 0.962. The van der Waals surface area contributed by atoms with Crippen LogP contribution in [0.4, 0.5) is 0 Å². The number of rotatable bonds is 2. The van der Waals surface area contributed by atoms with Gasteiger partial charge in [-0.1, -0.05) is 30.3 Å². The van der Waals surface area contributed by atoms with Crippen LogP contribution in [0, 0.1) is 5.92 Å². The minimum absolute atomic E-state index is 0.191. The van der Waals surface area contributed by atoms with Gasteiger partial charge in [-0.25, -0.2) is 0 Å². The second-order valence-electron chi connectivity index (χ2n) is 6.62. The smallest absolute Gasteiger partial charge is 0.226 e. The van der Waals surface area contributed by atoms with Crippen molar-refractivity contribution in [2.24, 2.45) is 5.92 Å². The minimum atomic E-state index is -0.194. The molecule has 106 valence electrons. The van der Waals surface area contributed by atoms with Crippen LogP contribution < -0.4 is 0 Å². The molecule has 2 aliphatic heterocycles. The Morgan fingerprint density at radius 2 is 1.70 bits per heavy atom. The number of nitrogens with zero attached hydrogens (tertiary/aromatic N) is 1. The third kappa shape index (κ3) is 1.96. The Balaban J connectivity index is 1.47. The van der Waals surface area contributed by atoms with E-state index >= 15 is 0 Å². The van der Waals surface area contributed by atoms with E-state index in [4.69, 9.17) is 0 Å². The van der Waals surface area contributed by atoms with E-state index < -0.39 is 0 Å². The van der Waals surface area contributed by atoms with Crippen LogP contribution in [0.1, 0.15) is 43.6 Å². The molecule has 20 heavy (non-hydrogen) atoms. The quantitative estimate of drug-likeness (QED) is 0.896. The van der Waals surface area contributed by atoms with Crippen LogP contribution in [0.25, 0.3) is 0 Å². The molecule has 1 saturated carbocycles. The van der Waals surface area contributed by atoms with E-state index in [2.05, 4.69) is 29.2 Å². The van der Waals surface area contributed by atoms with Crippen molar-refractivity contribution in [2.45, 2.75) is 56.2 Å². The van der Waals surface area contributed by atoms with Gasteiger partial charge in [0, 0.05) is 18.0 Å². The zero-order chi connectivity index (χ0) is 13.7. The van der Waals surface area contributed by atoms with Gasteiger partial charge < -0.3 is 10.0 Å². The lowest BCUT2D eigenvalue weighted by atomic mass is 9.99. The summed E-state index contributed by atoms with van der Waals surface area (Å²) in [5.41, 5.74) is 1.30. The number of carbonyl (C=O) groups is 1. The Hall–Kier alpha value is -1.35. The molecule has 1 aliphatic carbocycles. The van der Waals surface area contributed by atoms with Crippen molar-refractivity contribution in [3.05, 3.63) is 35.9 Å². The largest absolute Gasteiger partial charge is 0.393 e. The fraction of sp³-hybridized carbons (Fsp3) is 0.588. The zero-order valence-corrected chi connectivity index (χ0v) is 11.6. The van der Waals surface area contributed by atoms with Gasteiger partial charge in [0.25, 0.3) is 0 Å². The molecule has 2 heterocycles. The lowest BCUT2D eigenvalue weighted by Gasteiger charge is -2.37. The summed E-state index contributed by atoms with van der Waals surface area (Å²) in [6.45, 7) is 0. The first kappa shape index (κ1) is 12.4. The molecule has 4 atom stereocenters. The van der Waals surface area contributed by atoms with Crippen LogP contribution in [0.5, 0.6) is 0 Å². The van der Waals surface area contributed by atoms with E-state index in [1.807, 2.05) is 6.07 Å². The summed E-state index contributed by atoms with van der Waals surface area (Å²) in [5, 5.41) is 9.84. The minimum Gasteiger partial charge on any atom is -0.393 e. The van der Waals surface area contributed by atoms with E-state index in [9.17, 15) is 9.90 Å². The Bertz CT molecular complexity index is 501. The Kier molecular flexibility index (Phi) is 2.84. The van der Waals surface area contributed by atoms with Crippen molar-refractivity contribution < 1.29 is 9.90 Å². The molecule has 0 radical (unpaired) electrons. The van der Waals surface area contributed by atoms with Crippen LogP contribution in [0.3, 0.4) is 0 Å². The molecule has 4 unspecified atom stereocenters. The summed E-state index contributed by atoms with van der Waals surface area (Å²) in [7, 11) is 0. The molecule has 2 bridgehead atoms. The summed E-state index contributed by atoms with van der Waals surface area (Å²) >= 11 is 0. The van der Waals surface area contributed by atoms with E-state index in [0.29, 0.717) is 23.9 Å². The second kappa shape index (κ2) is 4.59. The van der Waals surface area contributed by atoms with Crippen molar-refractivity contribution >= 4 is 5.91 Å². The highest BCUT2D eigenvalue weighted by atomic mass is 16.3. The number of carbonyl (C=O) groups excluding carboxylic acids is 1. The van der Waals surface area contributed by atoms with E-state index in [0.717, 1.165) is 32.1 Å². The maximum atomic E-state index is 12.8. The highest BCUT2D eigenvalue weighted by molar-refractivity contribution is 5.84. The third-order valence-electron chi connectivity index (χ3n) is 5.30. The van der Waals surface area contributed by atoms with Gasteiger partial charge in [-0.2, -0.15) is 0 Å². The second-order valence-corrected chi connectivity index (χ2v) is 6.62.